The van der Waals surface area contributed by atoms with E-state index in [0.717, 1.165) is 5.56 Å². The zero-order chi connectivity index (χ0) is 19.1. The van der Waals surface area contributed by atoms with Gasteiger partial charge < -0.3 is 24.6 Å². The van der Waals surface area contributed by atoms with Crippen LogP contribution in [0.5, 0.6) is 17.2 Å². The predicted molar refractivity (Wildman–Crippen MR) is 95.5 cm³/mol. The number of rotatable bonds is 8. The van der Waals surface area contributed by atoms with E-state index in [9.17, 15) is 9.59 Å². The summed E-state index contributed by atoms with van der Waals surface area (Å²) in [6.45, 7) is 0.360. The van der Waals surface area contributed by atoms with E-state index in [1.165, 1.54) is 27.4 Å². The van der Waals surface area contributed by atoms with Gasteiger partial charge in [-0.15, -0.1) is 0 Å². The molecule has 0 aliphatic carbocycles. The van der Waals surface area contributed by atoms with Crippen LogP contribution < -0.4 is 19.5 Å². The average molecular weight is 359 g/mol. The van der Waals surface area contributed by atoms with E-state index in [4.69, 9.17) is 19.3 Å². The minimum Gasteiger partial charge on any atom is -0.493 e. The molecule has 7 heteroatoms. The molecule has 2 N–H and O–H groups in total. The monoisotopic (exact) mass is 359 g/mol. The SMILES string of the molecule is COc1cc(C(=O)NCCc2cccc(C(=O)O)c2)cc(OC)c1OC. The Morgan fingerprint density at radius 3 is 2.15 bits per heavy atom. The largest absolute Gasteiger partial charge is 0.493 e. The third kappa shape index (κ3) is 4.44. The van der Waals surface area contributed by atoms with Crippen molar-refractivity contribution < 1.29 is 28.9 Å². The zero-order valence-electron chi connectivity index (χ0n) is 14.9. The van der Waals surface area contributed by atoms with Gasteiger partial charge in [-0.2, -0.15) is 0 Å². The van der Waals surface area contributed by atoms with Crippen molar-refractivity contribution in [1.82, 2.24) is 5.32 Å². The van der Waals surface area contributed by atoms with E-state index in [2.05, 4.69) is 5.32 Å². The number of carboxylic acids is 1. The average Bonchev–Trinajstić information content (AvgIpc) is 2.66. The summed E-state index contributed by atoms with van der Waals surface area (Å²) >= 11 is 0. The molecule has 2 rings (SSSR count). The topological polar surface area (TPSA) is 94.1 Å². The quantitative estimate of drug-likeness (QED) is 0.752. The molecule has 0 heterocycles. The lowest BCUT2D eigenvalue weighted by molar-refractivity contribution is 0.0696. The molecule has 2 aromatic rings. The number of benzene rings is 2. The van der Waals surface area contributed by atoms with Crippen molar-refractivity contribution in [2.45, 2.75) is 6.42 Å². The number of aromatic carboxylic acids is 1. The van der Waals surface area contributed by atoms with Gasteiger partial charge in [0.1, 0.15) is 0 Å². The Morgan fingerprint density at radius 1 is 0.962 bits per heavy atom. The fourth-order valence-corrected chi connectivity index (χ4v) is 2.49. The first-order valence-electron chi connectivity index (χ1n) is 7.90. The summed E-state index contributed by atoms with van der Waals surface area (Å²) in [6, 6.07) is 9.76. The van der Waals surface area contributed by atoms with Gasteiger partial charge in [-0.25, -0.2) is 4.79 Å². The highest BCUT2D eigenvalue weighted by atomic mass is 16.5. The van der Waals surface area contributed by atoms with Crippen molar-refractivity contribution in [2.75, 3.05) is 27.9 Å². The number of hydrogen-bond acceptors (Lipinski definition) is 5. The molecule has 138 valence electrons. The van der Waals surface area contributed by atoms with Crippen LogP contribution in [-0.4, -0.2) is 44.9 Å². The summed E-state index contributed by atoms with van der Waals surface area (Å²) in [5.41, 5.74) is 1.42. The summed E-state index contributed by atoms with van der Waals surface area (Å²) < 4.78 is 15.7. The Bertz CT molecular complexity index is 777. The molecule has 0 spiro atoms. The molecule has 26 heavy (non-hydrogen) atoms. The lowest BCUT2D eigenvalue weighted by Gasteiger charge is -2.14. The highest BCUT2D eigenvalue weighted by molar-refractivity contribution is 5.95. The Hall–Kier alpha value is -3.22. The Balaban J connectivity index is 2.06. The van der Waals surface area contributed by atoms with E-state index >= 15 is 0 Å². The maximum atomic E-state index is 12.4. The summed E-state index contributed by atoms with van der Waals surface area (Å²) in [5, 5.41) is 11.8. The molecular formula is C19H21NO6. The molecule has 0 atom stereocenters. The van der Waals surface area contributed by atoms with E-state index in [1.54, 1.807) is 24.3 Å². The summed E-state index contributed by atoms with van der Waals surface area (Å²) in [4.78, 5) is 23.4. The first-order valence-corrected chi connectivity index (χ1v) is 7.90. The van der Waals surface area contributed by atoms with E-state index in [0.29, 0.717) is 35.8 Å². The number of methoxy groups -OCH3 is 3. The highest BCUT2D eigenvalue weighted by Crippen LogP contribution is 2.38. The number of hydrogen-bond donors (Lipinski definition) is 2. The van der Waals surface area contributed by atoms with Crippen LogP contribution in [0.2, 0.25) is 0 Å². The van der Waals surface area contributed by atoms with Crippen LogP contribution in [0.4, 0.5) is 0 Å². The van der Waals surface area contributed by atoms with Crippen LogP contribution in [0, 0.1) is 0 Å². The number of ether oxygens (including phenoxy) is 3. The van der Waals surface area contributed by atoms with Crippen molar-refractivity contribution in [1.29, 1.82) is 0 Å². The Labute approximate surface area is 151 Å². The van der Waals surface area contributed by atoms with Gasteiger partial charge in [-0.05, 0) is 36.2 Å². The smallest absolute Gasteiger partial charge is 0.335 e. The van der Waals surface area contributed by atoms with Gasteiger partial charge in [-0.3, -0.25) is 4.79 Å². The van der Waals surface area contributed by atoms with Gasteiger partial charge in [0, 0.05) is 12.1 Å². The van der Waals surface area contributed by atoms with Crippen LogP contribution in [0.25, 0.3) is 0 Å². The Morgan fingerprint density at radius 2 is 1.62 bits per heavy atom. The number of carbonyl (C=O) groups excluding carboxylic acids is 1. The number of carbonyl (C=O) groups is 2. The van der Waals surface area contributed by atoms with Crippen molar-refractivity contribution in [3.63, 3.8) is 0 Å². The lowest BCUT2D eigenvalue weighted by Crippen LogP contribution is -2.25. The van der Waals surface area contributed by atoms with Gasteiger partial charge in [0.05, 0.1) is 26.9 Å². The molecule has 1 amide bonds. The van der Waals surface area contributed by atoms with Gasteiger partial charge >= 0.3 is 5.97 Å². The molecule has 0 saturated carbocycles. The first-order chi connectivity index (χ1) is 12.5. The normalized spacial score (nSPS) is 10.1. The summed E-state index contributed by atoms with van der Waals surface area (Å²) in [7, 11) is 4.45. The Kier molecular flexibility index (Phi) is 6.43. The minimum absolute atomic E-state index is 0.221. The number of amides is 1. The van der Waals surface area contributed by atoms with Crippen LogP contribution in [0.1, 0.15) is 26.3 Å². The molecule has 7 nitrogen and oxygen atoms in total. The van der Waals surface area contributed by atoms with Crippen LogP contribution in [0.3, 0.4) is 0 Å². The predicted octanol–water partition coefficient (Wildman–Crippen LogP) is 2.38. The highest BCUT2D eigenvalue weighted by Gasteiger charge is 2.16. The fraction of sp³-hybridized carbons (Fsp3) is 0.263. The minimum atomic E-state index is -0.978. The summed E-state index contributed by atoms with van der Waals surface area (Å²) in [5.74, 6) is -0.0682. The van der Waals surface area contributed by atoms with Crippen molar-refractivity contribution in [2.24, 2.45) is 0 Å². The first kappa shape index (κ1) is 19.1. The van der Waals surface area contributed by atoms with E-state index < -0.39 is 5.97 Å². The van der Waals surface area contributed by atoms with Crippen molar-refractivity contribution >= 4 is 11.9 Å². The van der Waals surface area contributed by atoms with Crippen LogP contribution in [0.15, 0.2) is 36.4 Å². The molecule has 0 aliphatic heterocycles. The second-order valence-corrected chi connectivity index (χ2v) is 5.43. The molecule has 0 fully saturated rings. The van der Waals surface area contributed by atoms with Gasteiger partial charge in [0.15, 0.2) is 11.5 Å². The van der Waals surface area contributed by atoms with Crippen LogP contribution >= 0.6 is 0 Å². The molecule has 0 bridgehead atoms. The second-order valence-electron chi connectivity index (χ2n) is 5.43. The molecule has 0 saturated heterocycles. The van der Waals surface area contributed by atoms with Crippen molar-refractivity contribution in [3.05, 3.63) is 53.1 Å². The van der Waals surface area contributed by atoms with Crippen LogP contribution in [-0.2, 0) is 6.42 Å². The lowest BCUT2D eigenvalue weighted by atomic mass is 10.1. The van der Waals surface area contributed by atoms with E-state index in [1.807, 2.05) is 6.07 Å². The standard InChI is InChI=1S/C19H21NO6/c1-24-15-10-14(11-16(25-2)17(15)26-3)18(21)20-8-7-12-5-4-6-13(9-12)19(22)23/h4-6,9-11H,7-8H2,1-3H3,(H,20,21)(H,22,23). The number of nitrogens with one attached hydrogen (secondary N) is 1. The van der Waals surface area contributed by atoms with E-state index in [-0.39, 0.29) is 11.5 Å². The van der Waals surface area contributed by atoms with Crippen molar-refractivity contribution in [3.8, 4) is 17.2 Å². The second kappa shape index (κ2) is 8.75. The third-order valence-electron chi connectivity index (χ3n) is 3.80. The molecule has 2 aromatic carbocycles. The molecule has 0 unspecified atom stereocenters. The maximum Gasteiger partial charge on any atom is 0.335 e. The van der Waals surface area contributed by atoms with Gasteiger partial charge in [0.2, 0.25) is 5.75 Å². The zero-order valence-corrected chi connectivity index (χ0v) is 14.9. The molecular weight excluding hydrogens is 338 g/mol. The molecule has 0 aromatic heterocycles. The maximum absolute atomic E-state index is 12.4. The van der Waals surface area contributed by atoms with Gasteiger partial charge in [-0.1, -0.05) is 12.1 Å². The molecule has 0 aliphatic rings. The van der Waals surface area contributed by atoms with Gasteiger partial charge in [0.25, 0.3) is 5.91 Å². The third-order valence-corrected chi connectivity index (χ3v) is 3.80. The fourth-order valence-electron chi connectivity index (χ4n) is 2.49. The molecule has 0 radical (unpaired) electrons. The summed E-state index contributed by atoms with van der Waals surface area (Å²) in [6.07, 6.45) is 0.511. The number of carboxylic acid groups (broad SMARTS) is 1.